The molecule has 0 N–H and O–H groups in total. The van der Waals surface area contributed by atoms with Crippen molar-refractivity contribution in [3.8, 4) is 11.1 Å². The summed E-state index contributed by atoms with van der Waals surface area (Å²) in [6, 6.07) is 16.7. The summed E-state index contributed by atoms with van der Waals surface area (Å²) in [5.41, 5.74) is 6.20. The van der Waals surface area contributed by atoms with Crippen LogP contribution in [0.5, 0.6) is 0 Å². The van der Waals surface area contributed by atoms with Gasteiger partial charge in [0.25, 0.3) is 0 Å². The number of nitrogens with zero attached hydrogens (tertiary/aromatic N) is 3. The van der Waals surface area contributed by atoms with Crippen molar-refractivity contribution in [3.63, 3.8) is 0 Å². The van der Waals surface area contributed by atoms with Crippen LogP contribution in [0.3, 0.4) is 0 Å². The average Bonchev–Trinajstić information content (AvgIpc) is 3.46. The predicted octanol–water partition coefficient (Wildman–Crippen LogP) is 5.72. The number of hydrogen-bond acceptors (Lipinski definition) is 5. The molecule has 170 valence electrons. The van der Waals surface area contributed by atoms with Crippen molar-refractivity contribution in [1.82, 2.24) is 10.1 Å². The summed E-state index contributed by atoms with van der Waals surface area (Å²) in [5.74, 6) is 0.883. The van der Waals surface area contributed by atoms with Gasteiger partial charge in [-0.2, -0.15) is 0 Å². The summed E-state index contributed by atoms with van der Waals surface area (Å²) in [5, 5.41) is 4.10. The van der Waals surface area contributed by atoms with Gasteiger partial charge < -0.3 is 14.2 Å². The summed E-state index contributed by atoms with van der Waals surface area (Å²) in [7, 11) is 0. The number of likely N-dealkylation sites (tertiary alicyclic amines) is 1. The maximum Gasteiger partial charge on any atom is 0.237 e. The molecule has 3 aromatic rings. The first-order chi connectivity index (χ1) is 15.8. The molecule has 6 nitrogen and oxygen atoms in total. The number of amides is 1. The first-order valence-electron chi connectivity index (χ1n) is 11.3. The Morgan fingerprint density at radius 2 is 1.91 bits per heavy atom. The second-order valence-corrected chi connectivity index (χ2v) is 9.75. The molecule has 3 heterocycles. The van der Waals surface area contributed by atoms with Crippen LogP contribution in [-0.2, 0) is 16.1 Å². The van der Waals surface area contributed by atoms with Gasteiger partial charge in [0, 0.05) is 36.8 Å². The first-order valence-corrected chi connectivity index (χ1v) is 11.3. The minimum Gasteiger partial charge on any atom is -0.472 e. The average molecular weight is 444 g/mol. The lowest BCUT2D eigenvalue weighted by Crippen LogP contribution is -2.26. The zero-order valence-corrected chi connectivity index (χ0v) is 19.5. The Kier molecular flexibility index (Phi) is 5.23. The molecule has 1 atom stereocenters. The van der Waals surface area contributed by atoms with E-state index in [0.717, 1.165) is 40.1 Å². The molecule has 1 unspecified atom stereocenters. The molecule has 33 heavy (non-hydrogen) atoms. The van der Waals surface area contributed by atoms with E-state index in [-0.39, 0.29) is 17.6 Å². The number of benzene rings is 2. The minimum atomic E-state index is -0.356. The molecule has 0 aliphatic carbocycles. The molecule has 0 bridgehead atoms. The number of hydrogen-bond donors (Lipinski definition) is 0. The Balaban J connectivity index is 1.52. The number of carbonyl (C=O) groups excluding carboxylic acids is 1. The number of rotatable bonds is 5. The van der Waals surface area contributed by atoms with Crippen LogP contribution in [0.4, 0.5) is 5.88 Å². The maximum absolute atomic E-state index is 12.7. The molecule has 2 aliphatic rings. The van der Waals surface area contributed by atoms with Gasteiger partial charge in [0.2, 0.25) is 18.0 Å². The molecule has 2 aliphatic heterocycles. The van der Waals surface area contributed by atoms with E-state index in [9.17, 15) is 4.79 Å². The second kappa shape index (κ2) is 8.10. The van der Waals surface area contributed by atoms with Gasteiger partial charge in [0.15, 0.2) is 0 Å². The van der Waals surface area contributed by atoms with E-state index in [4.69, 9.17) is 9.26 Å². The zero-order chi connectivity index (χ0) is 23.2. The largest absolute Gasteiger partial charge is 0.472 e. The topological polar surface area (TPSA) is 58.8 Å². The number of aryl methyl sites for hydroxylation is 1. The summed E-state index contributed by atoms with van der Waals surface area (Å²) in [6.07, 6.45) is 3.78. The molecule has 6 heteroatoms. The fourth-order valence-electron chi connectivity index (χ4n) is 4.71. The van der Waals surface area contributed by atoms with Crippen LogP contribution in [0.2, 0.25) is 0 Å². The monoisotopic (exact) mass is 443 g/mol. The Bertz CT molecular complexity index is 1210. The highest BCUT2D eigenvalue weighted by molar-refractivity contribution is 5.80. The van der Waals surface area contributed by atoms with E-state index >= 15 is 0 Å². The predicted molar refractivity (Wildman–Crippen MR) is 127 cm³/mol. The normalized spacial score (nSPS) is 19.4. The Morgan fingerprint density at radius 3 is 2.58 bits per heavy atom. The van der Waals surface area contributed by atoms with E-state index < -0.39 is 0 Å². The Labute approximate surface area is 194 Å². The van der Waals surface area contributed by atoms with Crippen LogP contribution < -0.4 is 4.90 Å². The van der Waals surface area contributed by atoms with Crippen molar-refractivity contribution < 1.29 is 14.1 Å². The number of aromatic nitrogens is 1. The number of anilines is 1. The number of carbonyl (C=O) groups is 1. The van der Waals surface area contributed by atoms with E-state index in [0.29, 0.717) is 18.8 Å². The van der Waals surface area contributed by atoms with Crippen LogP contribution in [0.15, 0.2) is 65.5 Å². The van der Waals surface area contributed by atoms with Gasteiger partial charge >= 0.3 is 0 Å². The van der Waals surface area contributed by atoms with Crippen molar-refractivity contribution in [2.75, 3.05) is 11.4 Å². The third-order valence-electron chi connectivity index (χ3n) is 6.51. The standard InChI is InChI=1S/C27H29N3O3/c1-18-19(2)28-33-25(18)30-12-13-32-26(30)21-10-11-23(20-8-6-5-7-9-20)22(14-21)16-29-17-27(3,4)15-24(29)31/h5-14,26H,15-17H2,1-4H3. The molecule has 0 radical (unpaired) electrons. The minimum absolute atomic E-state index is 0.00143. The first kappa shape index (κ1) is 21.3. The molecule has 0 saturated carbocycles. The molecule has 1 fully saturated rings. The molecule has 1 saturated heterocycles. The van der Waals surface area contributed by atoms with Crippen molar-refractivity contribution in [2.24, 2.45) is 5.41 Å². The molecule has 5 rings (SSSR count). The number of ether oxygens (including phenoxy) is 1. The fourth-order valence-corrected chi connectivity index (χ4v) is 4.71. The molecular weight excluding hydrogens is 414 g/mol. The van der Waals surface area contributed by atoms with E-state index in [2.05, 4.69) is 49.3 Å². The van der Waals surface area contributed by atoms with Crippen LogP contribution >= 0.6 is 0 Å². The van der Waals surface area contributed by atoms with Gasteiger partial charge in [-0.05, 0) is 42.0 Å². The van der Waals surface area contributed by atoms with Crippen molar-refractivity contribution >= 4 is 11.8 Å². The van der Waals surface area contributed by atoms with Gasteiger partial charge in [0.05, 0.1) is 5.69 Å². The summed E-state index contributed by atoms with van der Waals surface area (Å²) < 4.78 is 11.6. The summed E-state index contributed by atoms with van der Waals surface area (Å²) >= 11 is 0. The molecular formula is C27H29N3O3. The third kappa shape index (κ3) is 4.01. The maximum atomic E-state index is 12.7. The van der Waals surface area contributed by atoms with Crippen LogP contribution in [0.25, 0.3) is 11.1 Å². The zero-order valence-electron chi connectivity index (χ0n) is 19.5. The fraction of sp³-hybridized carbons (Fsp3) is 0.333. The lowest BCUT2D eigenvalue weighted by Gasteiger charge is -2.25. The summed E-state index contributed by atoms with van der Waals surface area (Å²) in [4.78, 5) is 16.7. The van der Waals surface area contributed by atoms with Crippen molar-refractivity contribution in [3.05, 3.63) is 83.4 Å². The third-order valence-corrected chi connectivity index (χ3v) is 6.51. The second-order valence-electron chi connectivity index (χ2n) is 9.75. The highest BCUT2D eigenvalue weighted by atomic mass is 16.5. The summed E-state index contributed by atoms with van der Waals surface area (Å²) in [6.45, 7) is 9.55. The van der Waals surface area contributed by atoms with Crippen molar-refractivity contribution in [2.45, 2.75) is 46.9 Å². The Hall–Kier alpha value is -3.54. The highest BCUT2D eigenvalue weighted by Gasteiger charge is 2.36. The smallest absolute Gasteiger partial charge is 0.237 e. The SMILES string of the molecule is Cc1noc(N2C=COC2c2ccc(-c3ccccc3)c(CN3CC(C)(C)CC3=O)c2)c1C. The van der Waals surface area contributed by atoms with Crippen LogP contribution in [0, 0.1) is 19.3 Å². The molecule has 0 spiro atoms. The van der Waals surface area contributed by atoms with Gasteiger partial charge in [-0.1, -0.05) is 61.5 Å². The Morgan fingerprint density at radius 1 is 1.12 bits per heavy atom. The highest BCUT2D eigenvalue weighted by Crippen LogP contribution is 2.38. The molecule has 1 aromatic heterocycles. The molecule has 2 aromatic carbocycles. The lowest BCUT2D eigenvalue weighted by atomic mass is 9.93. The van der Waals surface area contributed by atoms with Gasteiger partial charge in [-0.25, -0.2) is 0 Å². The van der Waals surface area contributed by atoms with Gasteiger partial charge in [0.1, 0.15) is 6.26 Å². The van der Waals surface area contributed by atoms with E-state index in [1.807, 2.05) is 48.0 Å². The quantitative estimate of drug-likeness (QED) is 0.504. The van der Waals surface area contributed by atoms with E-state index in [1.165, 1.54) is 0 Å². The van der Waals surface area contributed by atoms with Crippen LogP contribution in [0.1, 0.15) is 48.9 Å². The van der Waals surface area contributed by atoms with E-state index in [1.54, 1.807) is 6.26 Å². The van der Waals surface area contributed by atoms with Gasteiger partial charge in [-0.3, -0.25) is 9.69 Å². The van der Waals surface area contributed by atoms with Crippen molar-refractivity contribution in [1.29, 1.82) is 0 Å². The van der Waals surface area contributed by atoms with Gasteiger partial charge in [-0.15, -0.1) is 0 Å². The van der Waals surface area contributed by atoms with Crippen LogP contribution in [-0.4, -0.2) is 22.5 Å². The lowest BCUT2D eigenvalue weighted by molar-refractivity contribution is -0.128. The molecule has 1 amide bonds.